The monoisotopic (exact) mass is 476 g/mol. The maximum absolute atomic E-state index is 13.2. The summed E-state index contributed by atoms with van der Waals surface area (Å²) in [6.07, 6.45) is 1.13. The largest absolute Gasteiger partial charge is 0.477 e. The lowest BCUT2D eigenvalue weighted by Crippen LogP contribution is -2.56. The number of ether oxygens (including phenoxy) is 1. The lowest BCUT2D eigenvalue weighted by atomic mass is 9.91. The van der Waals surface area contributed by atoms with Gasteiger partial charge in [0.1, 0.15) is 17.7 Å². The lowest BCUT2D eigenvalue weighted by Gasteiger charge is -2.31. The summed E-state index contributed by atoms with van der Waals surface area (Å²) < 4.78 is 6.92. The van der Waals surface area contributed by atoms with Crippen molar-refractivity contribution in [3.8, 4) is 11.1 Å². The van der Waals surface area contributed by atoms with Crippen LogP contribution in [0.15, 0.2) is 54.7 Å². The van der Waals surface area contributed by atoms with Crippen molar-refractivity contribution in [3.63, 3.8) is 0 Å². The number of alkyl carbamates (subject to hydrolysis) is 1. The highest BCUT2D eigenvalue weighted by Gasteiger charge is 2.39. The van der Waals surface area contributed by atoms with Crippen molar-refractivity contribution in [3.05, 3.63) is 71.4 Å². The van der Waals surface area contributed by atoms with E-state index in [2.05, 4.69) is 27.9 Å². The first-order valence-corrected chi connectivity index (χ1v) is 11.5. The predicted octanol–water partition coefficient (Wildman–Crippen LogP) is 4.15. The van der Waals surface area contributed by atoms with E-state index in [4.69, 9.17) is 4.74 Å². The molecule has 0 spiro atoms. The van der Waals surface area contributed by atoms with Crippen molar-refractivity contribution in [2.24, 2.45) is 7.05 Å². The van der Waals surface area contributed by atoms with Gasteiger partial charge in [-0.25, -0.2) is 9.59 Å². The second-order valence-corrected chi connectivity index (χ2v) is 8.56. The molecule has 0 bridgehead atoms. The fraction of sp³-hybridized carbons (Fsp3) is 0.308. The van der Waals surface area contributed by atoms with E-state index in [1.54, 1.807) is 20.9 Å². The quantitative estimate of drug-likeness (QED) is 0.449. The number of carboxylic acids is 1. The molecule has 0 unspecified atom stereocenters. The number of carbonyl (C=O) groups excluding carboxylic acids is 2. The SMILES string of the molecule is CCC(CC)(NC(=O)OCC1c2ccccc2-c2ccccc21)C(=O)Nc1nn(C)cc1C(=O)O. The summed E-state index contributed by atoms with van der Waals surface area (Å²) in [5, 5.41) is 18.7. The molecule has 1 heterocycles. The minimum Gasteiger partial charge on any atom is -0.477 e. The molecular weight excluding hydrogens is 448 g/mol. The second-order valence-electron chi connectivity index (χ2n) is 8.56. The second kappa shape index (κ2) is 9.61. The van der Waals surface area contributed by atoms with Crippen molar-refractivity contribution < 1.29 is 24.2 Å². The van der Waals surface area contributed by atoms with Crippen molar-refractivity contribution in [2.75, 3.05) is 11.9 Å². The number of nitrogens with zero attached hydrogens (tertiary/aromatic N) is 2. The maximum Gasteiger partial charge on any atom is 0.408 e. The highest BCUT2D eigenvalue weighted by atomic mass is 16.5. The first-order valence-electron chi connectivity index (χ1n) is 11.5. The molecule has 9 nitrogen and oxygen atoms in total. The molecule has 4 rings (SSSR count). The van der Waals surface area contributed by atoms with Gasteiger partial charge in [-0.3, -0.25) is 9.48 Å². The summed E-state index contributed by atoms with van der Waals surface area (Å²) in [5.74, 6) is -1.95. The third-order valence-electron chi connectivity index (χ3n) is 6.62. The molecule has 0 saturated heterocycles. The predicted molar refractivity (Wildman–Crippen MR) is 130 cm³/mol. The molecule has 182 valence electrons. The van der Waals surface area contributed by atoms with Gasteiger partial charge >= 0.3 is 12.1 Å². The maximum atomic E-state index is 13.2. The molecular formula is C26H28N4O5. The van der Waals surface area contributed by atoms with Crippen molar-refractivity contribution in [1.82, 2.24) is 15.1 Å². The van der Waals surface area contributed by atoms with Gasteiger partial charge in [-0.05, 0) is 35.1 Å². The Morgan fingerprint density at radius 2 is 1.60 bits per heavy atom. The van der Waals surface area contributed by atoms with E-state index in [-0.39, 0.29) is 36.7 Å². The van der Waals surface area contributed by atoms with Gasteiger partial charge in [0.25, 0.3) is 5.91 Å². The molecule has 2 aromatic carbocycles. The van der Waals surface area contributed by atoms with E-state index in [9.17, 15) is 19.5 Å². The van der Waals surface area contributed by atoms with Crippen LogP contribution in [0, 0.1) is 0 Å². The van der Waals surface area contributed by atoms with Gasteiger partial charge in [-0.2, -0.15) is 5.10 Å². The highest BCUT2D eigenvalue weighted by Crippen LogP contribution is 2.44. The molecule has 9 heteroatoms. The summed E-state index contributed by atoms with van der Waals surface area (Å²) >= 11 is 0. The first kappa shape index (κ1) is 24.0. The molecule has 1 aliphatic rings. The van der Waals surface area contributed by atoms with Gasteiger partial charge in [0.2, 0.25) is 0 Å². The van der Waals surface area contributed by atoms with Crippen molar-refractivity contribution in [2.45, 2.75) is 38.1 Å². The normalized spacial score (nSPS) is 12.5. The fourth-order valence-electron chi connectivity index (χ4n) is 4.60. The Morgan fingerprint density at radius 1 is 1.03 bits per heavy atom. The van der Waals surface area contributed by atoms with Crippen LogP contribution >= 0.6 is 0 Å². The summed E-state index contributed by atoms with van der Waals surface area (Å²) in [4.78, 5) is 37.5. The molecule has 1 aliphatic carbocycles. The fourth-order valence-corrected chi connectivity index (χ4v) is 4.60. The van der Waals surface area contributed by atoms with E-state index in [1.165, 1.54) is 10.9 Å². The summed E-state index contributed by atoms with van der Waals surface area (Å²) in [7, 11) is 1.56. The highest BCUT2D eigenvalue weighted by molar-refractivity contribution is 6.03. The molecule has 35 heavy (non-hydrogen) atoms. The number of hydrogen-bond donors (Lipinski definition) is 3. The zero-order valence-corrected chi connectivity index (χ0v) is 19.9. The average Bonchev–Trinajstić information content (AvgIpc) is 3.38. The number of benzene rings is 2. The van der Waals surface area contributed by atoms with Gasteiger partial charge in [0.05, 0.1) is 0 Å². The van der Waals surface area contributed by atoms with Crippen LogP contribution in [0.3, 0.4) is 0 Å². The topological polar surface area (TPSA) is 123 Å². The number of anilines is 1. The zero-order chi connectivity index (χ0) is 25.2. The van der Waals surface area contributed by atoms with Crippen molar-refractivity contribution in [1.29, 1.82) is 0 Å². The Balaban J connectivity index is 1.48. The molecule has 0 saturated carbocycles. The minimum atomic E-state index is -1.30. The first-order chi connectivity index (χ1) is 16.8. The molecule has 0 aliphatic heterocycles. The van der Waals surface area contributed by atoms with Gasteiger partial charge in [0, 0.05) is 19.2 Å². The van der Waals surface area contributed by atoms with Crippen LogP contribution in [0.2, 0.25) is 0 Å². The molecule has 0 radical (unpaired) electrons. The summed E-state index contributed by atoms with van der Waals surface area (Å²) in [6.45, 7) is 3.65. The van der Waals surface area contributed by atoms with E-state index >= 15 is 0 Å². The van der Waals surface area contributed by atoms with Crippen LogP contribution in [0.25, 0.3) is 11.1 Å². The minimum absolute atomic E-state index is 0.0781. The number of aromatic nitrogens is 2. The van der Waals surface area contributed by atoms with Crippen LogP contribution in [-0.4, -0.2) is 45.0 Å². The number of aromatic carboxylic acids is 1. The van der Waals surface area contributed by atoms with Gasteiger partial charge in [0.15, 0.2) is 5.82 Å². The number of hydrogen-bond acceptors (Lipinski definition) is 5. The summed E-state index contributed by atoms with van der Waals surface area (Å²) in [6, 6.07) is 16.1. The Morgan fingerprint density at radius 3 is 2.14 bits per heavy atom. The van der Waals surface area contributed by atoms with Crippen LogP contribution in [0.1, 0.15) is 54.1 Å². The van der Waals surface area contributed by atoms with E-state index < -0.39 is 23.5 Å². The Labute approximate surface area is 203 Å². The van der Waals surface area contributed by atoms with Crippen LogP contribution < -0.4 is 10.6 Å². The number of fused-ring (bicyclic) bond motifs is 3. The molecule has 3 aromatic rings. The smallest absolute Gasteiger partial charge is 0.408 e. The van der Waals surface area contributed by atoms with E-state index in [0.717, 1.165) is 22.3 Å². The van der Waals surface area contributed by atoms with Gasteiger partial charge in [-0.1, -0.05) is 62.4 Å². The van der Waals surface area contributed by atoms with Crippen LogP contribution in [-0.2, 0) is 16.6 Å². The van der Waals surface area contributed by atoms with E-state index in [0.29, 0.717) is 0 Å². The van der Waals surface area contributed by atoms with Gasteiger partial charge in [-0.15, -0.1) is 0 Å². The number of rotatable bonds is 8. The Bertz CT molecular complexity index is 1230. The Hall–Kier alpha value is -4.14. The van der Waals surface area contributed by atoms with Crippen LogP contribution in [0.5, 0.6) is 0 Å². The standard InChI is InChI=1S/C26H28N4O5/c1-4-26(5-2,24(33)27-22-20(23(31)32)14-30(3)29-22)28-25(34)35-15-21-18-12-8-6-10-16(18)17-11-7-9-13-19(17)21/h6-14,21H,4-5,15H2,1-3H3,(H,28,34)(H,31,32)(H,27,29,33). The van der Waals surface area contributed by atoms with Crippen molar-refractivity contribution >= 4 is 23.8 Å². The molecule has 3 N–H and O–H groups in total. The number of nitrogens with one attached hydrogen (secondary N) is 2. The van der Waals surface area contributed by atoms with Crippen LogP contribution in [0.4, 0.5) is 10.6 Å². The third-order valence-corrected chi connectivity index (χ3v) is 6.62. The average molecular weight is 477 g/mol. The van der Waals surface area contributed by atoms with Gasteiger partial charge < -0.3 is 20.5 Å². The van der Waals surface area contributed by atoms with E-state index in [1.807, 2.05) is 36.4 Å². The molecule has 2 amide bonds. The summed E-state index contributed by atoms with van der Waals surface area (Å²) in [5.41, 5.74) is 2.99. The number of carboxylic acid groups (broad SMARTS) is 1. The number of aryl methyl sites for hydroxylation is 1. The number of carbonyl (C=O) groups is 3. The lowest BCUT2D eigenvalue weighted by molar-refractivity contribution is -0.122. The zero-order valence-electron chi connectivity index (χ0n) is 19.9. The number of amides is 2. The molecule has 1 aromatic heterocycles. The molecule has 0 fully saturated rings. The third kappa shape index (κ3) is 4.49. The Kier molecular flexibility index (Phi) is 6.59. The molecule has 0 atom stereocenters.